The van der Waals surface area contributed by atoms with Crippen LogP contribution in [0, 0.1) is 0 Å². The maximum atomic E-state index is 12.7. The number of nitrogens with zero attached hydrogens (tertiary/aromatic N) is 3. The van der Waals surface area contributed by atoms with Crippen LogP contribution >= 0.6 is 22.9 Å². The molecule has 5 nitrogen and oxygen atoms in total. The van der Waals surface area contributed by atoms with Crippen LogP contribution in [0.25, 0.3) is 0 Å². The number of hydrogen-bond donors (Lipinski definition) is 0. The molecule has 2 saturated carbocycles. The smallest absolute Gasteiger partial charge is 0.326 e. The third-order valence-electron chi connectivity index (χ3n) is 4.97. The lowest BCUT2D eigenvalue weighted by Gasteiger charge is -2.34. The zero-order valence-corrected chi connectivity index (χ0v) is 17.4. The van der Waals surface area contributed by atoms with Crippen LogP contribution in [0.1, 0.15) is 62.8 Å². The molecule has 0 bridgehead atoms. The highest BCUT2D eigenvalue weighted by atomic mass is 35.5. The standard InChI is InChI=1S/C20H24ClN3O2S/c1-19(2,3)26-16(25)12-24(17-14(13-6-7-13)5-4-10-22-17)20(8-9-20)15-11-23-18(21)27-15/h4-5,10-11,13H,6-9,12H2,1-3H3. The molecule has 7 heteroatoms. The Hall–Kier alpha value is -1.66. The fraction of sp³-hybridized carbons (Fsp3) is 0.550. The van der Waals surface area contributed by atoms with Crippen molar-refractivity contribution >= 4 is 34.7 Å². The summed E-state index contributed by atoms with van der Waals surface area (Å²) in [5.74, 6) is 1.19. The molecule has 0 aromatic carbocycles. The molecule has 27 heavy (non-hydrogen) atoms. The zero-order valence-electron chi connectivity index (χ0n) is 15.9. The van der Waals surface area contributed by atoms with E-state index < -0.39 is 5.60 Å². The van der Waals surface area contributed by atoms with Crippen molar-refractivity contribution in [1.82, 2.24) is 9.97 Å². The highest BCUT2D eigenvalue weighted by Crippen LogP contribution is 2.56. The summed E-state index contributed by atoms with van der Waals surface area (Å²) in [6.45, 7) is 5.84. The van der Waals surface area contributed by atoms with Gasteiger partial charge in [-0.2, -0.15) is 0 Å². The van der Waals surface area contributed by atoms with Crippen LogP contribution in [0.3, 0.4) is 0 Å². The van der Waals surface area contributed by atoms with Gasteiger partial charge in [0.1, 0.15) is 18.0 Å². The van der Waals surface area contributed by atoms with Crippen LogP contribution in [0.15, 0.2) is 24.5 Å². The number of carbonyl (C=O) groups is 1. The summed E-state index contributed by atoms with van der Waals surface area (Å²) < 4.78 is 6.15. The monoisotopic (exact) mass is 405 g/mol. The van der Waals surface area contributed by atoms with Gasteiger partial charge in [-0.05, 0) is 64.0 Å². The van der Waals surface area contributed by atoms with Crippen molar-refractivity contribution in [3.05, 3.63) is 39.4 Å². The van der Waals surface area contributed by atoms with Gasteiger partial charge in [0.2, 0.25) is 0 Å². The van der Waals surface area contributed by atoms with E-state index in [0.717, 1.165) is 23.5 Å². The van der Waals surface area contributed by atoms with E-state index >= 15 is 0 Å². The Morgan fingerprint density at radius 1 is 1.37 bits per heavy atom. The number of rotatable bonds is 6. The van der Waals surface area contributed by atoms with E-state index in [0.29, 0.717) is 10.4 Å². The minimum absolute atomic E-state index is 0.170. The van der Waals surface area contributed by atoms with Crippen molar-refractivity contribution in [2.24, 2.45) is 0 Å². The van der Waals surface area contributed by atoms with Gasteiger partial charge in [0.25, 0.3) is 0 Å². The third-order valence-corrected chi connectivity index (χ3v) is 6.28. The van der Waals surface area contributed by atoms with Crippen molar-refractivity contribution in [3.8, 4) is 0 Å². The van der Waals surface area contributed by atoms with Gasteiger partial charge < -0.3 is 9.64 Å². The number of pyridine rings is 1. The number of ether oxygens (including phenoxy) is 1. The molecule has 2 aliphatic carbocycles. The average Bonchev–Trinajstić information content (AvgIpc) is 3.51. The molecule has 2 aromatic heterocycles. The van der Waals surface area contributed by atoms with Crippen LogP contribution in [0.5, 0.6) is 0 Å². The Labute approximate surface area is 168 Å². The number of esters is 1. The molecule has 0 atom stereocenters. The molecule has 2 heterocycles. The van der Waals surface area contributed by atoms with Crippen LogP contribution < -0.4 is 4.90 Å². The van der Waals surface area contributed by atoms with Crippen molar-refractivity contribution < 1.29 is 9.53 Å². The van der Waals surface area contributed by atoms with E-state index in [2.05, 4.69) is 16.0 Å². The summed E-state index contributed by atoms with van der Waals surface area (Å²) in [4.78, 5) is 24.9. The van der Waals surface area contributed by atoms with Crippen molar-refractivity contribution in [2.45, 2.75) is 63.5 Å². The molecule has 0 radical (unpaired) electrons. The fourth-order valence-corrected chi connectivity index (χ4v) is 4.71. The molecule has 4 rings (SSSR count). The van der Waals surface area contributed by atoms with E-state index in [-0.39, 0.29) is 18.1 Å². The molecule has 0 aliphatic heterocycles. The topological polar surface area (TPSA) is 55.3 Å². The average molecular weight is 406 g/mol. The Bertz CT molecular complexity index is 853. The third kappa shape index (κ3) is 3.97. The lowest BCUT2D eigenvalue weighted by molar-refractivity contribution is -0.153. The van der Waals surface area contributed by atoms with E-state index in [1.165, 1.54) is 29.7 Å². The van der Waals surface area contributed by atoms with Gasteiger partial charge in [-0.3, -0.25) is 4.79 Å². The molecular formula is C20H24ClN3O2S. The van der Waals surface area contributed by atoms with E-state index in [1.54, 1.807) is 6.20 Å². The Balaban J connectivity index is 1.71. The summed E-state index contributed by atoms with van der Waals surface area (Å²) in [6.07, 6.45) is 7.90. The Morgan fingerprint density at radius 3 is 2.67 bits per heavy atom. The molecule has 2 aliphatic rings. The second kappa shape index (κ2) is 6.74. The minimum atomic E-state index is -0.517. The minimum Gasteiger partial charge on any atom is -0.459 e. The second-order valence-corrected chi connectivity index (χ2v) is 9.98. The van der Waals surface area contributed by atoms with E-state index in [1.807, 2.05) is 33.0 Å². The molecule has 0 amide bonds. The van der Waals surface area contributed by atoms with Gasteiger partial charge in [-0.25, -0.2) is 9.97 Å². The van der Waals surface area contributed by atoms with Crippen molar-refractivity contribution in [3.63, 3.8) is 0 Å². The first-order valence-electron chi connectivity index (χ1n) is 9.35. The Kier molecular flexibility index (Phi) is 4.67. The van der Waals surface area contributed by atoms with Crippen LogP contribution in [0.2, 0.25) is 4.47 Å². The number of halogens is 1. The summed E-state index contributed by atoms with van der Waals surface area (Å²) in [5.41, 5.74) is 0.444. The van der Waals surface area contributed by atoms with E-state index in [4.69, 9.17) is 21.3 Å². The van der Waals surface area contributed by atoms with Crippen LogP contribution in [0.4, 0.5) is 5.82 Å². The summed E-state index contributed by atoms with van der Waals surface area (Å²) in [5, 5.41) is 0. The largest absolute Gasteiger partial charge is 0.459 e. The molecule has 2 aromatic rings. The number of aromatic nitrogens is 2. The van der Waals surface area contributed by atoms with Crippen molar-refractivity contribution in [1.29, 1.82) is 0 Å². The number of thiazole rings is 1. The van der Waals surface area contributed by atoms with Gasteiger partial charge in [0.05, 0.1) is 10.4 Å². The summed E-state index contributed by atoms with van der Waals surface area (Å²) in [7, 11) is 0. The molecule has 0 N–H and O–H groups in total. The van der Waals surface area contributed by atoms with Gasteiger partial charge in [-0.15, -0.1) is 11.3 Å². The predicted octanol–water partition coefficient (Wildman–Crippen LogP) is 4.91. The van der Waals surface area contributed by atoms with Gasteiger partial charge in [-0.1, -0.05) is 17.7 Å². The van der Waals surface area contributed by atoms with Gasteiger partial charge in [0.15, 0.2) is 4.47 Å². The number of carbonyl (C=O) groups excluding carboxylic acids is 1. The maximum absolute atomic E-state index is 12.7. The second-order valence-electron chi connectivity index (χ2n) is 8.37. The van der Waals surface area contributed by atoms with E-state index in [9.17, 15) is 4.79 Å². The first kappa shape index (κ1) is 18.7. The quantitative estimate of drug-likeness (QED) is 0.639. The predicted molar refractivity (Wildman–Crippen MR) is 107 cm³/mol. The van der Waals surface area contributed by atoms with Gasteiger partial charge >= 0.3 is 5.97 Å². The lowest BCUT2D eigenvalue weighted by Crippen LogP contribution is -2.42. The zero-order chi connectivity index (χ0) is 19.2. The molecular weight excluding hydrogens is 382 g/mol. The van der Waals surface area contributed by atoms with Gasteiger partial charge in [0, 0.05) is 12.4 Å². The highest BCUT2D eigenvalue weighted by molar-refractivity contribution is 7.15. The fourth-order valence-electron chi connectivity index (χ4n) is 3.52. The van der Waals surface area contributed by atoms with Crippen LogP contribution in [-0.2, 0) is 15.1 Å². The Morgan fingerprint density at radius 2 is 2.11 bits per heavy atom. The summed E-state index contributed by atoms with van der Waals surface area (Å²) in [6, 6.07) is 4.11. The van der Waals surface area contributed by atoms with Crippen molar-refractivity contribution in [2.75, 3.05) is 11.4 Å². The SMILES string of the molecule is CC(C)(C)OC(=O)CN(c1ncccc1C1CC1)C1(c2cnc(Cl)s2)CC1. The molecule has 0 unspecified atom stereocenters. The lowest BCUT2D eigenvalue weighted by atomic mass is 10.1. The number of hydrogen-bond acceptors (Lipinski definition) is 6. The molecule has 144 valence electrons. The first-order valence-corrected chi connectivity index (χ1v) is 10.5. The maximum Gasteiger partial charge on any atom is 0.326 e. The normalized spacial score (nSPS) is 18.2. The summed E-state index contributed by atoms with van der Waals surface area (Å²) >= 11 is 7.59. The molecule has 0 saturated heterocycles. The van der Waals surface area contributed by atoms with Crippen LogP contribution in [-0.4, -0.2) is 28.1 Å². The highest BCUT2D eigenvalue weighted by Gasteiger charge is 2.53. The first-order chi connectivity index (χ1) is 12.8. The molecule has 0 spiro atoms. The number of anilines is 1. The molecule has 2 fully saturated rings.